The van der Waals surface area contributed by atoms with E-state index < -0.39 is 5.92 Å². The first kappa shape index (κ1) is 18.6. The Morgan fingerprint density at radius 1 is 1.23 bits per heavy atom. The zero-order chi connectivity index (χ0) is 21.2. The minimum absolute atomic E-state index is 0.0653. The molecule has 162 valence electrons. The van der Waals surface area contributed by atoms with Crippen LogP contribution in [0.2, 0.25) is 0 Å². The van der Waals surface area contributed by atoms with Crippen molar-refractivity contribution in [1.29, 1.82) is 0 Å². The van der Waals surface area contributed by atoms with Gasteiger partial charge in [0.05, 0.1) is 25.6 Å². The number of hydrogen-bond donors (Lipinski definition) is 1. The predicted octanol–water partition coefficient (Wildman–Crippen LogP) is 3.65. The number of anilines is 1. The third-order valence-corrected chi connectivity index (χ3v) is 6.39. The monoisotopic (exact) mass is 427 g/mol. The number of rotatable bonds is 4. The first-order valence-electron chi connectivity index (χ1n) is 10.6. The van der Waals surface area contributed by atoms with Crippen molar-refractivity contribution in [3.8, 4) is 5.88 Å². The zero-order valence-corrected chi connectivity index (χ0v) is 17.2. The number of nitrogens with one attached hydrogen (secondary N) is 1. The number of methoxy groups -OCH3 is 1. The predicted molar refractivity (Wildman–Crippen MR) is 112 cm³/mol. The number of halogens is 2. The molecule has 10 heteroatoms. The number of alkyl halides is 2. The highest BCUT2D eigenvalue weighted by Gasteiger charge is 2.38. The van der Waals surface area contributed by atoms with Gasteiger partial charge >= 0.3 is 0 Å². The van der Waals surface area contributed by atoms with E-state index in [9.17, 15) is 8.78 Å². The van der Waals surface area contributed by atoms with Crippen LogP contribution in [0.1, 0.15) is 44.1 Å². The topological polar surface area (TPSA) is 70.1 Å². The Bertz CT molecular complexity index is 1140. The standard InChI is InChI=1S/C21H23F2N7O/c1-31-19-18-16(13-2-3-17-24-10-15-12-29(15)30(17)11-13)6-9-28(18)27-20(26-19)25-14-4-7-21(22,23)8-5-14/h6,9-11,14H,2-5,7-8,12H2,1H3,(H,25,27). The average molecular weight is 427 g/mol. The molecule has 3 aliphatic heterocycles. The van der Waals surface area contributed by atoms with Crippen molar-refractivity contribution in [3.63, 3.8) is 0 Å². The summed E-state index contributed by atoms with van der Waals surface area (Å²) in [5.41, 5.74) is 4.22. The Balaban J connectivity index is 1.30. The van der Waals surface area contributed by atoms with E-state index in [0.717, 1.165) is 36.3 Å². The SMILES string of the molecule is COc1nc(NC2CCC(F)(F)CC2)nn2ccc(C3=CN4C(=NC=C5CN54)CC3)c12. The maximum Gasteiger partial charge on any atom is 0.248 e. The molecule has 1 saturated carbocycles. The van der Waals surface area contributed by atoms with Crippen LogP contribution < -0.4 is 10.1 Å². The Hall–Kier alpha value is -3.17. The molecule has 0 spiro atoms. The summed E-state index contributed by atoms with van der Waals surface area (Å²) in [4.78, 5) is 9.09. The lowest BCUT2D eigenvalue weighted by Gasteiger charge is -2.30. The average Bonchev–Trinajstić information content (AvgIpc) is 3.46. The molecule has 0 bridgehead atoms. The number of amidine groups is 1. The fraction of sp³-hybridized carbons (Fsp3) is 0.476. The molecule has 6 rings (SSSR count). The summed E-state index contributed by atoms with van der Waals surface area (Å²) < 4.78 is 34.3. The summed E-state index contributed by atoms with van der Waals surface area (Å²) in [6, 6.07) is 1.96. The third kappa shape index (κ3) is 3.21. The summed E-state index contributed by atoms with van der Waals surface area (Å²) in [5, 5.41) is 12.1. The molecule has 2 aromatic heterocycles. The number of nitrogens with zero attached hydrogens (tertiary/aromatic N) is 6. The van der Waals surface area contributed by atoms with Gasteiger partial charge in [0, 0.05) is 43.3 Å². The van der Waals surface area contributed by atoms with Crippen LogP contribution in [0.15, 0.2) is 35.4 Å². The Morgan fingerprint density at radius 3 is 2.87 bits per heavy atom. The van der Waals surface area contributed by atoms with Gasteiger partial charge in [0.2, 0.25) is 17.8 Å². The van der Waals surface area contributed by atoms with Gasteiger partial charge in [-0.3, -0.25) is 5.01 Å². The Morgan fingerprint density at radius 2 is 2.06 bits per heavy atom. The number of ether oxygens (including phenoxy) is 1. The fourth-order valence-electron chi connectivity index (χ4n) is 4.60. The molecule has 1 N–H and O–H groups in total. The largest absolute Gasteiger partial charge is 0.479 e. The van der Waals surface area contributed by atoms with E-state index in [-0.39, 0.29) is 18.9 Å². The van der Waals surface area contributed by atoms with Crippen LogP contribution in [0.4, 0.5) is 14.7 Å². The highest BCUT2D eigenvalue weighted by molar-refractivity contribution is 5.92. The summed E-state index contributed by atoms with van der Waals surface area (Å²) in [7, 11) is 1.58. The smallest absolute Gasteiger partial charge is 0.248 e. The van der Waals surface area contributed by atoms with E-state index in [1.807, 2.05) is 18.5 Å². The van der Waals surface area contributed by atoms with Crippen LogP contribution in [-0.4, -0.2) is 56.1 Å². The molecule has 0 unspecified atom stereocenters. The van der Waals surface area contributed by atoms with Gasteiger partial charge in [0.15, 0.2) is 0 Å². The quantitative estimate of drug-likeness (QED) is 0.752. The maximum absolute atomic E-state index is 13.4. The Labute approximate surface area is 177 Å². The normalized spacial score (nSPS) is 22.4. The van der Waals surface area contributed by atoms with Gasteiger partial charge in [-0.15, -0.1) is 5.10 Å². The molecule has 4 aliphatic rings. The van der Waals surface area contributed by atoms with Crippen LogP contribution in [0.25, 0.3) is 11.1 Å². The number of hydrogen-bond acceptors (Lipinski definition) is 7. The molecule has 0 radical (unpaired) electrons. The molecular weight excluding hydrogens is 404 g/mol. The van der Waals surface area contributed by atoms with Gasteiger partial charge in [-0.2, -0.15) is 4.98 Å². The second-order valence-corrected chi connectivity index (χ2v) is 8.46. The third-order valence-electron chi connectivity index (χ3n) is 6.39. The van der Waals surface area contributed by atoms with Gasteiger partial charge in [-0.05, 0) is 30.9 Å². The van der Waals surface area contributed by atoms with Gasteiger partial charge in [-0.25, -0.2) is 23.3 Å². The molecule has 1 aliphatic carbocycles. The van der Waals surface area contributed by atoms with E-state index in [0.29, 0.717) is 24.7 Å². The lowest BCUT2D eigenvalue weighted by atomic mass is 9.92. The fourth-order valence-corrected chi connectivity index (χ4v) is 4.60. The van der Waals surface area contributed by atoms with Gasteiger partial charge in [0.25, 0.3) is 0 Å². The summed E-state index contributed by atoms with van der Waals surface area (Å²) in [6.45, 7) is 0.919. The van der Waals surface area contributed by atoms with Crippen molar-refractivity contribution in [2.24, 2.45) is 4.99 Å². The molecule has 0 aromatic carbocycles. The van der Waals surface area contributed by atoms with Crippen LogP contribution in [0.3, 0.4) is 0 Å². The van der Waals surface area contributed by atoms with Crippen LogP contribution in [0.5, 0.6) is 5.88 Å². The molecule has 2 fully saturated rings. The van der Waals surface area contributed by atoms with Crippen molar-refractivity contribution in [1.82, 2.24) is 24.6 Å². The van der Waals surface area contributed by atoms with E-state index >= 15 is 0 Å². The number of allylic oxidation sites excluding steroid dienone is 1. The number of aliphatic imine (C=N–C) groups is 1. The van der Waals surface area contributed by atoms with Gasteiger partial charge in [0.1, 0.15) is 11.4 Å². The summed E-state index contributed by atoms with van der Waals surface area (Å²) in [6.07, 6.45) is 8.26. The minimum atomic E-state index is -2.56. The van der Waals surface area contributed by atoms with Crippen molar-refractivity contribution in [3.05, 3.63) is 35.9 Å². The maximum atomic E-state index is 13.4. The van der Waals surface area contributed by atoms with Gasteiger partial charge in [-0.1, -0.05) is 0 Å². The number of hydrazine groups is 1. The number of fused-ring (bicyclic) bond motifs is 4. The molecule has 2 aromatic rings. The second-order valence-electron chi connectivity index (χ2n) is 8.46. The second kappa shape index (κ2) is 6.66. The van der Waals surface area contributed by atoms with E-state index in [2.05, 4.69) is 36.6 Å². The molecule has 0 amide bonds. The van der Waals surface area contributed by atoms with Crippen molar-refractivity contribution in [2.45, 2.75) is 50.5 Å². The first-order chi connectivity index (χ1) is 15.0. The molecule has 5 heterocycles. The molecule has 0 atom stereocenters. The van der Waals surface area contributed by atoms with Crippen LogP contribution in [-0.2, 0) is 0 Å². The highest BCUT2D eigenvalue weighted by Crippen LogP contribution is 2.39. The van der Waals surface area contributed by atoms with Crippen molar-refractivity contribution >= 4 is 22.9 Å². The first-order valence-corrected chi connectivity index (χ1v) is 10.6. The van der Waals surface area contributed by atoms with Crippen molar-refractivity contribution in [2.75, 3.05) is 19.0 Å². The highest BCUT2D eigenvalue weighted by atomic mass is 19.3. The zero-order valence-electron chi connectivity index (χ0n) is 17.2. The number of aromatic nitrogens is 3. The lowest BCUT2D eigenvalue weighted by Crippen LogP contribution is -2.34. The molecule has 1 saturated heterocycles. The van der Waals surface area contributed by atoms with E-state index in [1.54, 1.807) is 11.6 Å². The Kier molecular flexibility index (Phi) is 4.00. The molecule has 8 nitrogen and oxygen atoms in total. The van der Waals surface area contributed by atoms with Crippen LogP contribution in [0, 0.1) is 0 Å². The molecule has 31 heavy (non-hydrogen) atoms. The van der Waals surface area contributed by atoms with Gasteiger partial charge < -0.3 is 10.1 Å². The van der Waals surface area contributed by atoms with Crippen molar-refractivity contribution < 1.29 is 13.5 Å². The van der Waals surface area contributed by atoms with E-state index in [4.69, 9.17) is 4.74 Å². The molecular formula is C21H23F2N7O. The lowest BCUT2D eigenvalue weighted by molar-refractivity contribution is -0.0361. The van der Waals surface area contributed by atoms with E-state index in [1.165, 1.54) is 11.3 Å². The minimum Gasteiger partial charge on any atom is -0.479 e. The van der Waals surface area contributed by atoms with Crippen LogP contribution >= 0.6 is 0 Å². The summed E-state index contributed by atoms with van der Waals surface area (Å²) in [5.74, 6) is -0.647. The summed E-state index contributed by atoms with van der Waals surface area (Å²) >= 11 is 0.